The molecule has 0 fully saturated rings. The summed E-state index contributed by atoms with van der Waals surface area (Å²) in [6.07, 6.45) is 5.04. The van der Waals surface area contributed by atoms with E-state index in [0.29, 0.717) is 24.1 Å². The van der Waals surface area contributed by atoms with Gasteiger partial charge in [0, 0.05) is 5.57 Å². The Morgan fingerprint density at radius 3 is 2.53 bits per heavy atom. The Morgan fingerprint density at radius 2 is 1.76 bits per heavy atom. The number of amides is 2. The third-order valence-corrected chi connectivity index (χ3v) is 4.87. The van der Waals surface area contributed by atoms with Crippen molar-refractivity contribution >= 4 is 47.1 Å². The highest BCUT2D eigenvalue weighted by Gasteiger charge is 2.32. The van der Waals surface area contributed by atoms with Crippen LogP contribution in [0.4, 0.5) is 16.2 Å². The molecule has 1 aliphatic carbocycles. The minimum absolute atomic E-state index is 0.0437. The van der Waals surface area contributed by atoms with Gasteiger partial charge in [0.15, 0.2) is 5.71 Å². The molecule has 0 saturated heterocycles. The lowest BCUT2D eigenvalue weighted by Gasteiger charge is -2.30. The van der Waals surface area contributed by atoms with E-state index in [1.807, 2.05) is 6.08 Å². The molecule has 1 aliphatic heterocycles. The molecule has 1 aromatic rings. The van der Waals surface area contributed by atoms with Gasteiger partial charge in [-0.3, -0.25) is 19.6 Å². The number of aliphatic imine (C=N–C) groups is 2. The molecule has 10 nitrogen and oxygen atoms in total. The van der Waals surface area contributed by atoms with Crippen LogP contribution in [0.15, 0.2) is 57.7 Å². The number of nitrogens with one attached hydrogen (secondary N) is 1. The predicted molar refractivity (Wildman–Crippen MR) is 127 cm³/mol. The number of ether oxygens (including phenoxy) is 2. The van der Waals surface area contributed by atoms with Crippen molar-refractivity contribution in [2.24, 2.45) is 9.98 Å². The Hall–Kier alpha value is -4.08. The number of fused-ring (bicyclic) bond motifs is 2. The van der Waals surface area contributed by atoms with Gasteiger partial charge in [-0.2, -0.15) is 0 Å². The molecule has 10 heteroatoms. The number of rotatable bonds is 3. The molecule has 178 valence electrons. The molecule has 2 amide bonds. The van der Waals surface area contributed by atoms with E-state index < -0.39 is 23.8 Å². The predicted octanol–water partition coefficient (Wildman–Crippen LogP) is 2.85. The summed E-state index contributed by atoms with van der Waals surface area (Å²) in [5.41, 5.74) is 1.29. The van der Waals surface area contributed by atoms with Gasteiger partial charge in [0.05, 0.1) is 49.6 Å². The zero-order valence-electron chi connectivity index (χ0n) is 19.1. The number of ketones is 1. The smallest absolute Gasteiger partial charge is 0.419 e. The van der Waals surface area contributed by atoms with E-state index in [0.717, 1.165) is 6.21 Å². The van der Waals surface area contributed by atoms with Gasteiger partial charge < -0.3 is 14.8 Å². The van der Waals surface area contributed by atoms with Crippen molar-refractivity contribution in [1.82, 2.24) is 0 Å². The fourth-order valence-electron chi connectivity index (χ4n) is 3.45. The lowest BCUT2D eigenvalue weighted by molar-refractivity contribution is -0.135. The lowest BCUT2D eigenvalue weighted by Crippen LogP contribution is -2.36. The molecule has 0 spiro atoms. The Kier molecular flexibility index (Phi) is 8.44. The van der Waals surface area contributed by atoms with E-state index in [1.54, 1.807) is 44.2 Å². The highest BCUT2D eigenvalue weighted by Crippen LogP contribution is 2.34. The number of anilines is 2. The SMILES string of the molecule is CCOC(=O)C1=NCCN=CC(=O)C(=O)Nc2ccccc2N(C(=O)OCC)C2=CCCC=C21. The van der Waals surface area contributed by atoms with E-state index in [9.17, 15) is 19.2 Å². The Labute approximate surface area is 197 Å². The van der Waals surface area contributed by atoms with E-state index in [2.05, 4.69) is 15.3 Å². The van der Waals surface area contributed by atoms with Gasteiger partial charge in [0.1, 0.15) is 0 Å². The second-order valence-corrected chi connectivity index (χ2v) is 7.14. The fourth-order valence-corrected chi connectivity index (χ4v) is 3.45. The first-order valence-corrected chi connectivity index (χ1v) is 11.0. The normalized spacial score (nSPS) is 16.6. The Morgan fingerprint density at radius 1 is 1.03 bits per heavy atom. The summed E-state index contributed by atoms with van der Waals surface area (Å²) in [5.74, 6) is -2.40. The first-order chi connectivity index (χ1) is 16.5. The maximum Gasteiger partial charge on any atom is 0.419 e. The number of hydrogen-bond acceptors (Lipinski definition) is 8. The summed E-state index contributed by atoms with van der Waals surface area (Å²) in [6, 6.07) is 6.49. The molecule has 34 heavy (non-hydrogen) atoms. The zero-order valence-corrected chi connectivity index (χ0v) is 19.1. The standard InChI is InChI=1S/C24H26N4O6/c1-3-33-23(31)21-16-9-5-7-11-18(16)28(24(32)34-4-2)19-12-8-6-10-17(19)27-22(30)20(29)15-25-13-14-26-21/h6,8-12,15H,3-5,7,13-14H2,1-2H3,(H,27,30). The average Bonchev–Trinajstić information content (AvgIpc) is 2.83. The summed E-state index contributed by atoms with van der Waals surface area (Å²) in [5, 5.41) is 2.54. The van der Waals surface area contributed by atoms with Gasteiger partial charge in [-0.05, 0) is 38.8 Å². The Balaban J connectivity index is 2.23. The molecule has 1 heterocycles. The fraction of sp³-hybridized carbons (Fsp3) is 0.333. The maximum absolute atomic E-state index is 13.2. The molecule has 0 saturated carbocycles. The number of carbonyl (C=O) groups excluding carboxylic acids is 4. The molecule has 2 aliphatic rings. The molecule has 0 unspecified atom stereocenters. The largest absolute Gasteiger partial charge is 0.461 e. The van der Waals surface area contributed by atoms with Gasteiger partial charge in [-0.15, -0.1) is 0 Å². The highest BCUT2D eigenvalue weighted by molar-refractivity contribution is 6.60. The first-order valence-electron chi connectivity index (χ1n) is 11.0. The van der Waals surface area contributed by atoms with Crippen LogP contribution in [0.5, 0.6) is 0 Å². The zero-order chi connectivity index (χ0) is 24.5. The summed E-state index contributed by atoms with van der Waals surface area (Å²) < 4.78 is 10.5. The number of allylic oxidation sites excluding steroid dienone is 3. The van der Waals surface area contributed by atoms with Crippen LogP contribution in [0.25, 0.3) is 0 Å². The van der Waals surface area contributed by atoms with Crippen LogP contribution >= 0.6 is 0 Å². The van der Waals surface area contributed by atoms with Crippen molar-refractivity contribution in [3.63, 3.8) is 0 Å². The van der Waals surface area contributed by atoms with Crippen LogP contribution in [-0.2, 0) is 23.9 Å². The van der Waals surface area contributed by atoms with Gasteiger partial charge >= 0.3 is 12.1 Å². The minimum atomic E-state index is -0.902. The quantitative estimate of drug-likeness (QED) is 0.539. The van der Waals surface area contributed by atoms with Crippen LogP contribution in [-0.4, -0.2) is 62.0 Å². The van der Waals surface area contributed by atoms with Crippen molar-refractivity contribution < 1.29 is 28.7 Å². The van der Waals surface area contributed by atoms with Crippen molar-refractivity contribution in [1.29, 1.82) is 0 Å². The molecular formula is C24H26N4O6. The van der Waals surface area contributed by atoms with E-state index in [4.69, 9.17) is 9.47 Å². The number of Topliss-reactive ketones (excluding diaryl/α,β-unsaturated/α-hetero) is 1. The first kappa shape index (κ1) is 24.6. The second kappa shape index (κ2) is 11.7. The summed E-state index contributed by atoms with van der Waals surface area (Å²) in [7, 11) is 0. The van der Waals surface area contributed by atoms with Crippen LogP contribution in [0, 0.1) is 0 Å². The third-order valence-electron chi connectivity index (χ3n) is 4.87. The molecule has 1 aromatic carbocycles. The molecule has 0 radical (unpaired) electrons. The van der Waals surface area contributed by atoms with Crippen LogP contribution in [0.2, 0.25) is 0 Å². The topological polar surface area (TPSA) is 127 Å². The number of carbonyl (C=O) groups is 4. The maximum atomic E-state index is 13.2. The Bertz CT molecular complexity index is 1100. The molecule has 1 N–H and O–H groups in total. The van der Waals surface area contributed by atoms with Crippen molar-refractivity contribution in [3.05, 3.63) is 47.7 Å². The molecule has 0 atom stereocenters. The monoisotopic (exact) mass is 466 g/mol. The van der Waals surface area contributed by atoms with Crippen LogP contribution < -0.4 is 10.2 Å². The van der Waals surface area contributed by atoms with Gasteiger partial charge in [0.2, 0.25) is 0 Å². The number of nitrogens with zero attached hydrogens (tertiary/aromatic N) is 3. The number of hydrogen-bond donors (Lipinski definition) is 1. The molecule has 3 rings (SSSR count). The van der Waals surface area contributed by atoms with E-state index in [-0.39, 0.29) is 43.4 Å². The second-order valence-electron chi connectivity index (χ2n) is 7.14. The van der Waals surface area contributed by atoms with E-state index in [1.165, 1.54) is 4.90 Å². The molecule has 0 aromatic heterocycles. The molecular weight excluding hydrogens is 440 g/mol. The minimum Gasteiger partial charge on any atom is -0.461 e. The van der Waals surface area contributed by atoms with Crippen molar-refractivity contribution in [3.8, 4) is 0 Å². The van der Waals surface area contributed by atoms with Crippen LogP contribution in [0.3, 0.4) is 0 Å². The van der Waals surface area contributed by atoms with E-state index >= 15 is 0 Å². The van der Waals surface area contributed by atoms with Crippen molar-refractivity contribution in [2.75, 3.05) is 36.5 Å². The third kappa shape index (κ3) is 5.64. The number of benzene rings is 1. The lowest BCUT2D eigenvalue weighted by atomic mass is 9.97. The van der Waals surface area contributed by atoms with Gasteiger partial charge in [-0.25, -0.2) is 14.5 Å². The van der Waals surface area contributed by atoms with Gasteiger partial charge in [-0.1, -0.05) is 24.3 Å². The summed E-state index contributed by atoms with van der Waals surface area (Å²) in [6.45, 7) is 3.75. The highest BCUT2D eigenvalue weighted by atomic mass is 16.6. The number of para-hydroxylation sites is 2. The van der Waals surface area contributed by atoms with Crippen molar-refractivity contribution in [2.45, 2.75) is 26.7 Å². The number of esters is 1. The summed E-state index contributed by atoms with van der Waals surface area (Å²) >= 11 is 0. The molecule has 0 bridgehead atoms. The average molecular weight is 466 g/mol. The van der Waals surface area contributed by atoms with Gasteiger partial charge in [0.25, 0.3) is 11.7 Å². The summed E-state index contributed by atoms with van der Waals surface area (Å²) in [4.78, 5) is 60.3. The van der Waals surface area contributed by atoms with Crippen LogP contribution in [0.1, 0.15) is 26.7 Å².